The zero-order valence-corrected chi connectivity index (χ0v) is 15.8. The first-order valence-corrected chi connectivity index (χ1v) is 9.43. The molecule has 0 N–H and O–H groups in total. The molecule has 3 aliphatic rings. The SMILES string of the molecule is COc1cc(CC(=O)c2cccc(C(F)F)n2)cn2cc(C34COC(C3)C4)nc12. The lowest BCUT2D eigenvalue weighted by atomic mass is 9.68. The van der Waals surface area contributed by atoms with Gasteiger partial charge in [0.05, 0.1) is 25.5 Å². The van der Waals surface area contributed by atoms with Gasteiger partial charge in [-0.05, 0) is 36.6 Å². The minimum absolute atomic E-state index is 0.0166. The van der Waals surface area contributed by atoms with Gasteiger partial charge in [-0.3, -0.25) is 4.79 Å². The van der Waals surface area contributed by atoms with Crippen LogP contribution >= 0.6 is 0 Å². The van der Waals surface area contributed by atoms with Gasteiger partial charge < -0.3 is 13.9 Å². The predicted octanol–water partition coefficient (Wildman–Crippen LogP) is 3.53. The molecule has 0 unspecified atom stereocenters. The Labute approximate surface area is 165 Å². The van der Waals surface area contributed by atoms with E-state index in [-0.39, 0.29) is 23.3 Å². The van der Waals surface area contributed by atoms with E-state index in [1.165, 1.54) is 18.2 Å². The number of hydrogen-bond acceptors (Lipinski definition) is 5. The summed E-state index contributed by atoms with van der Waals surface area (Å²) in [4.78, 5) is 21.1. The first-order valence-electron chi connectivity index (χ1n) is 9.43. The molecule has 2 aliphatic heterocycles. The summed E-state index contributed by atoms with van der Waals surface area (Å²) in [6.45, 7) is 0.682. The van der Waals surface area contributed by atoms with Gasteiger partial charge in [0, 0.05) is 24.2 Å². The third kappa shape index (κ3) is 2.98. The molecule has 5 heterocycles. The van der Waals surface area contributed by atoms with Gasteiger partial charge in [0.15, 0.2) is 17.2 Å². The van der Waals surface area contributed by atoms with Crippen LogP contribution in [0.2, 0.25) is 0 Å². The summed E-state index contributed by atoms with van der Waals surface area (Å²) in [7, 11) is 1.55. The quantitative estimate of drug-likeness (QED) is 0.594. The monoisotopic (exact) mass is 399 g/mol. The Morgan fingerprint density at radius 1 is 1.34 bits per heavy atom. The van der Waals surface area contributed by atoms with E-state index >= 15 is 0 Å². The highest BCUT2D eigenvalue weighted by atomic mass is 19.3. The number of rotatable bonds is 6. The number of imidazole rings is 1. The highest BCUT2D eigenvalue weighted by molar-refractivity contribution is 5.95. The second-order valence-corrected chi connectivity index (χ2v) is 7.74. The van der Waals surface area contributed by atoms with Crippen LogP contribution in [0, 0.1) is 0 Å². The molecule has 1 saturated carbocycles. The van der Waals surface area contributed by atoms with E-state index in [1.54, 1.807) is 13.2 Å². The Bertz CT molecular complexity index is 1100. The number of halogens is 2. The van der Waals surface area contributed by atoms with Crippen molar-refractivity contribution in [2.45, 2.75) is 37.2 Å². The predicted molar refractivity (Wildman–Crippen MR) is 99.6 cm³/mol. The third-order valence-electron chi connectivity index (χ3n) is 5.81. The molecule has 0 aromatic carbocycles. The number of nitrogens with zero attached hydrogens (tertiary/aromatic N) is 3. The van der Waals surface area contributed by atoms with Crippen LogP contribution in [0.1, 0.15) is 46.7 Å². The molecule has 0 atom stereocenters. The van der Waals surface area contributed by atoms with E-state index in [2.05, 4.69) is 4.98 Å². The Balaban J connectivity index is 1.46. The second-order valence-electron chi connectivity index (χ2n) is 7.74. The summed E-state index contributed by atoms with van der Waals surface area (Å²) in [5.74, 6) is 0.223. The summed E-state index contributed by atoms with van der Waals surface area (Å²) in [5.41, 5.74) is 1.95. The second kappa shape index (κ2) is 6.59. The summed E-state index contributed by atoms with van der Waals surface area (Å²) < 4.78 is 38.8. The molecule has 8 heteroatoms. The largest absolute Gasteiger partial charge is 0.493 e. The maximum atomic E-state index is 12.9. The Hall–Kier alpha value is -2.87. The fourth-order valence-corrected chi connectivity index (χ4v) is 4.24. The maximum Gasteiger partial charge on any atom is 0.280 e. The van der Waals surface area contributed by atoms with Crippen LogP contribution in [-0.2, 0) is 16.6 Å². The minimum Gasteiger partial charge on any atom is -0.493 e. The van der Waals surface area contributed by atoms with Gasteiger partial charge in [0.25, 0.3) is 6.43 Å². The molecule has 0 amide bonds. The van der Waals surface area contributed by atoms with Crippen LogP contribution < -0.4 is 4.74 Å². The van der Waals surface area contributed by atoms with Gasteiger partial charge in [0.1, 0.15) is 11.4 Å². The number of carbonyl (C=O) groups is 1. The number of fused-ring (bicyclic) bond motifs is 2. The van der Waals surface area contributed by atoms with E-state index in [1.807, 2.05) is 16.8 Å². The van der Waals surface area contributed by atoms with Crippen molar-refractivity contribution < 1.29 is 23.0 Å². The topological polar surface area (TPSA) is 65.7 Å². The molecule has 2 saturated heterocycles. The number of aromatic nitrogens is 3. The number of ketones is 1. The van der Waals surface area contributed by atoms with Gasteiger partial charge in [-0.25, -0.2) is 18.7 Å². The first kappa shape index (κ1) is 18.2. The number of alkyl halides is 2. The molecule has 2 bridgehead atoms. The number of hydrogen-bond donors (Lipinski definition) is 0. The van der Waals surface area contributed by atoms with E-state index in [4.69, 9.17) is 14.5 Å². The summed E-state index contributed by atoms with van der Waals surface area (Å²) in [6, 6.07) is 5.84. The van der Waals surface area contributed by atoms with Crippen LogP contribution in [0.25, 0.3) is 5.65 Å². The van der Waals surface area contributed by atoms with Crippen molar-refractivity contribution in [2.24, 2.45) is 0 Å². The van der Waals surface area contributed by atoms with Crippen molar-refractivity contribution in [1.82, 2.24) is 14.4 Å². The van der Waals surface area contributed by atoms with Gasteiger partial charge in [-0.15, -0.1) is 0 Å². The van der Waals surface area contributed by atoms with Crippen LogP contribution in [0.3, 0.4) is 0 Å². The number of pyridine rings is 2. The highest BCUT2D eigenvalue weighted by Crippen LogP contribution is 2.51. The Morgan fingerprint density at radius 2 is 2.17 bits per heavy atom. The first-order chi connectivity index (χ1) is 14.0. The molecule has 1 aliphatic carbocycles. The summed E-state index contributed by atoms with van der Waals surface area (Å²) >= 11 is 0. The molecule has 3 aromatic rings. The maximum absolute atomic E-state index is 12.9. The molecule has 3 fully saturated rings. The Kier molecular flexibility index (Phi) is 4.13. The average Bonchev–Trinajstić information content (AvgIpc) is 3.41. The van der Waals surface area contributed by atoms with Crippen LogP contribution in [0.5, 0.6) is 5.75 Å². The van der Waals surface area contributed by atoms with Crippen LogP contribution in [0.4, 0.5) is 8.78 Å². The zero-order chi connectivity index (χ0) is 20.2. The molecule has 6 nitrogen and oxygen atoms in total. The van der Waals surface area contributed by atoms with Crippen molar-refractivity contribution in [2.75, 3.05) is 13.7 Å². The number of carbonyl (C=O) groups excluding carboxylic acids is 1. The smallest absolute Gasteiger partial charge is 0.280 e. The lowest BCUT2D eigenvalue weighted by Crippen LogP contribution is -2.37. The lowest BCUT2D eigenvalue weighted by Gasteiger charge is -2.33. The molecule has 3 aromatic heterocycles. The van der Waals surface area contributed by atoms with Crippen molar-refractivity contribution in [3.63, 3.8) is 0 Å². The molecule has 0 spiro atoms. The van der Waals surface area contributed by atoms with Crippen LogP contribution in [-0.4, -0.2) is 40.0 Å². The van der Waals surface area contributed by atoms with Gasteiger partial charge in [-0.1, -0.05) is 6.07 Å². The number of methoxy groups -OCH3 is 1. The van der Waals surface area contributed by atoms with Gasteiger partial charge >= 0.3 is 0 Å². The number of Topliss-reactive ketones (excluding diaryl/α,β-unsaturated/α-hetero) is 1. The zero-order valence-electron chi connectivity index (χ0n) is 15.8. The molecule has 150 valence electrons. The van der Waals surface area contributed by atoms with Gasteiger partial charge in [0.2, 0.25) is 0 Å². The average molecular weight is 399 g/mol. The molecular formula is C21H19F2N3O3. The van der Waals surface area contributed by atoms with E-state index < -0.39 is 12.1 Å². The van der Waals surface area contributed by atoms with Crippen molar-refractivity contribution in [3.05, 3.63) is 59.3 Å². The molecule has 0 radical (unpaired) electrons. The fourth-order valence-electron chi connectivity index (χ4n) is 4.24. The third-order valence-corrected chi connectivity index (χ3v) is 5.81. The van der Waals surface area contributed by atoms with Gasteiger partial charge in [-0.2, -0.15) is 0 Å². The lowest BCUT2D eigenvalue weighted by molar-refractivity contribution is 0.0986. The fraction of sp³-hybridized carbons (Fsp3) is 0.381. The van der Waals surface area contributed by atoms with Crippen molar-refractivity contribution in [1.29, 1.82) is 0 Å². The van der Waals surface area contributed by atoms with Crippen LogP contribution in [0.15, 0.2) is 36.7 Å². The molecular weight excluding hydrogens is 380 g/mol. The molecule has 6 rings (SSSR count). The highest BCUT2D eigenvalue weighted by Gasteiger charge is 2.54. The summed E-state index contributed by atoms with van der Waals surface area (Å²) in [5, 5.41) is 0. The van der Waals surface area contributed by atoms with E-state index in [9.17, 15) is 13.6 Å². The standard InChI is InChI=1S/C21H19F2N3O3/c1-28-17-6-12(5-16(27)14-3-2-4-15(24-14)19(22)23)9-26-10-18(25-20(17)26)21-7-13(8-21)29-11-21/h2-4,6,9-10,13,19H,5,7-8,11H2,1H3. The normalized spacial score (nSPS) is 22.8. The van der Waals surface area contributed by atoms with Crippen molar-refractivity contribution in [3.8, 4) is 5.75 Å². The molecule has 29 heavy (non-hydrogen) atoms. The van der Waals surface area contributed by atoms with E-state index in [0.717, 1.165) is 18.5 Å². The van der Waals surface area contributed by atoms with E-state index in [0.29, 0.717) is 29.7 Å². The Morgan fingerprint density at radius 3 is 2.86 bits per heavy atom. The summed E-state index contributed by atoms with van der Waals surface area (Å²) in [6.07, 6.45) is 3.40. The minimum atomic E-state index is -2.71. The number of ether oxygens (including phenoxy) is 2. The van der Waals surface area contributed by atoms with Crippen molar-refractivity contribution >= 4 is 11.4 Å².